The summed E-state index contributed by atoms with van der Waals surface area (Å²) in [7, 11) is 0. The lowest BCUT2D eigenvalue weighted by atomic mass is 10.00. The van der Waals surface area contributed by atoms with Crippen molar-refractivity contribution in [1.29, 1.82) is 0 Å². The van der Waals surface area contributed by atoms with Crippen molar-refractivity contribution >= 4 is 43.6 Å². The Hall–Kier alpha value is -6.71. The van der Waals surface area contributed by atoms with E-state index in [1.807, 2.05) is 12.1 Å². The van der Waals surface area contributed by atoms with E-state index in [4.69, 9.17) is 4.98 Å². The third-order valence-corrected chi connectivity index (χ3v) is 9.91. The second-order valence-electron chi connectivity index (χ2n) is 12.8. The van der Waals surface area contributed by atoms with Gasteiger partial charge >= 0.3 is 0 Å². The molecule has 234 valence electrons. The van der Waals surface area contributed by atoms with Gasteiger partial charge in [-0.2, -0.15) is 0 Å². The maximum absolute atomic E-state index is 5.09. The molecule has 10 rings (SSSR count). The molecule has 0 spiro atoms. The predicted octanol–water partition coefficient (Wildman–Crippen LogP) is 12.3. The van der Waals surface area contributed by atoms with Crippen molar-refractivity contribution in [2.75, 3.05) is 0 Å². The minimum atomic E-state index is 0.965. The van der Waals surface area contributed by atoms with Crippen molar-refractivity contribution in [3.05, 3.63) is 188 Å². The number of aromatic nitrogens is 3. The zero-order valence-electron chi connectivity index (χ0n) is 27.2. The van der Waals surface area contributed by atoms with Crippen LogP contribution in [0.25, 0.3) is 88.6 Å². The van der Waals surface area contributed by atoms with E-state index in [0.717, 1.165) is 39.3 Å². The normalized spacial score (nSPS) is 11.6. The molecular formula is C47H31N3. The van der Waals surface area contributed by atoms with Gasteiger partial charge in [0.1, 0.15) is 0 Å². The van der Waals surface area contributed by atoms with E-state index < -0.39 is 0 Å². The van der Waals surface area contributed by atoms with Crippen LogP contribution in [0.2, 0.25) is 0 Å². The molecule has 0 aliphatic rings. The highest BCUT2D eigenvalue weighted by Gasteiger charge is 2.20. The summed E-state index contributed by atoms with van der Waals surface area (Å²) in [5.41, 5.74) is 13.5. The van der Waals surface area contributed by atoms with Crippen LogP contribution in [0.1, 0.15) is 0 Å². The quantitative estimate of drug-likeness (QED) is 0.184. The molecule has 0 saturated carbocycles. The lowest BCUT2D eigenvalue weighted by Gasteiger charge is -2.12. The van der Waals surface area contributed by atoms with Crippen LogP contribution in [0.5, 0.6) is 0 Å². The second kappa shape index (κ2) is 11.5. The van der Waals surface area contributed by atoms with Gasteiger partial charge in [0.05, 0.1) is 33.5 Å². The van der Waals surface area contributed by atoms with E-state index in [9.17, 15) is 0 Å². The van der Waals surface area contributed by atoms with Gasteiger partial charge in [-0.15, -0.1) is 0 Å². The van der Waals surface area contributed by atoms with Crippen LogP contribution >= 0.6 is 0 Å². The molecule has 0 bridgehead atoms. The van der Waals surface area contributed by atoms with Crippen molar-refractivity contribution in [2.24, 2.45) is 0 Å². The summed E-state index contributed by atoms with van der Waals surface area (Å²) < 4.78 is 4.81. The Labute approximate surface area is 290 Å². The van der Waals surface area contributed by atoms with Gasteiger partial charge in [-0.05, 0) is 71.8 Å². The summed E-state index contributed by atoms with van der Waals surface area (Å²) in [5, 5.41) is 5.08. The molecule has 0 fully saturated rings. The molecule has 3 heteroatoms. The largest absolute Gasteiger partial charge is 0.309 e. The Morgan fingerprint density at radius 1 is 0.300 bits per heavy atom. The molecular weight excluding hydrogens is 607 g/mol. The summed E-state index contributed by atoms with van der Waals surface area (Å²) >= 11 is 0. The van der Waals surface area contributed by atoms with Gasteiger partial charge in [0, 0.05) is 44.0 Å². The fraction of sp³-hybridized carbons (Fsp3) is 0. The molecule has 0 amide bonds. The van der Waals surface area contributed by atoms with Gasteiger partial charge in [0.25, 0.3) is 0 Å². The maximum Gasteiger partial charge on any atom is 0.0715 e. The monoisotopic (exact) mass is 637 g/mol. The number of para-hydroxylation sites is 3. The van der Waals surface area contributed by atoms with Crippen molar-refractivity contribution in [3.8, 4) is 45.0 Å². The highest BCUT2D eigenvalue weighted by Crippen LogP contribution is 2.42. The number of fused-ring (bicyclic) bond motifs is 7. The van der Waals surface area contributed by atoms with E-state index in [0.29, 0.717) is 0 Å². The van der Waals surface area contributed by atoms with Crippen molar-refractivity contribution < 1.29 is 0 Å². The zero-order valence-corrected chi connectivity index (χ0v) is 27.2. The molecule has 0 N–H and O–H groups in total. The first-order valence-electron chi connectivity index (χ1n) is 17.1. The fourth-order valence-electron chi connectivity index (χ4n) is 7.67. The molecule has 0 atom stereocenters. The molecule has 0 radical (unpaired) electrons. The van der Waals surface area contributed by atoms with E-state index in [2.05, 4.69) is 185 Å². The minimum Gasteiger partial charge on any atom is -0.309 e. The van der Waals surface area contributed by atoms with Crippen LogP contribution in [-0.4, -0.2) is 14.1 Å². The first-order valence-corrected chi connectivity index (χ1v) is 17.1. The van der Waals surface area contributed by atoms with Crippen molar-refractivity contribution in [1.82, 2.24) is 14.1 Å². The van der Waals surface area contributed by atoms with Crippen molar-refractivity contribution in [2.45, 2.75) is 0 Å². The standard InChI is InChI=1S/C47H31N3/c1-4-14-33(15-5-1)40-30-35(31-41(48-40)34-16-6-2-7-17-34)32-24-26-37(27-25-32)50-43-23-13-11-21-39(43)47-45(50)29-28-44-46(47)38-20-10-12-22-42(38)49(44)36-18-8-3-9-19-36/h1-31H. The van der Waals surface area contributed by atoms with Crippen LogP contribution in [0.4, 0.5) is 0 Å². The molecule has 7 aromatic carbocycles. The lowest BCUT2D eigenvalue weighted by molar-refractivity contribution is 1.17. The second-order valence-corrected chi connectivity index (χ2v) is 12.8. The third kappa shape index (κ3) is 4.48. The highest BCUT2D eigenvalue weighted by molar-refractivity contribution is 6.28. The van der Waals surface area contributed by atoms with E-state index in [-0.39, 0.29) is 0 Å². The molecule has 3 heterocycles. The number of rotatable bonds is 5. The Morgan fingerprint density at radius 2 is 0.720 bits per heavy atom. The van der Waals surface area contributed by atoms with Gasteiger partial charge in [0.15, 0.2) is 0 Å². The van der Waals surface area contributed by atoms with E-state index in [1.165, 1.54) is 49.3 Å². The average molecular weight is 638 g/mol. The van der Waals surface area contributed by atoms with E-state index in [1.54, 1.807) is 0 Å². The number of benzene rings is 7. The fourth-order valence-corrected chi connectivity index (χ4v) is 7.67. The van der Waals surface area contributed by atoms with Gasteiger partial charge in [-0.1, -0.05) is 127 Å². The SMILES string of the molecule is c1ccc(-c2cc(-c3ccc(-n4c5ccccc5c5c6c7ccccc7n(-c7ccccc7)c6ccc54)cc3)cc(-c3ccccc3)n2)cc1. The van der Waals surface area contributed by atoms with Crippen LogP contribution in [0.3, 0.4) is 0 Å². The number of hydrogen-bond acceptors (Lipinski definition) is 1. The summed E-state index contributed by atoms with van der Waals surface area (Å²) in [6.07, 6.45) is 0. The Morgan fingerprint density at radius 3 is 1.22 bits per heavy atom. The molecule has 50 heavy (non-hydrogen) atoms. The maximum atomic E-state index is 5.09. The summed E-state index contributed by atoms with van der Waals surface area (Å²) in [6.45, 7) is 0. The molecule has 0 aliphatic carbocycles. The van der Waals surface area contributed by atoms with Crippen molar-refractivity contribution in [3.63, 3.8) is 0 Å². The molecule has 3 aromatic heterocycles. The zero-order chi connectivity index (χ0) is 33.0. The van der Waals surface area contributed by atoms with Crippen LogP contribution < -0.4 is 0 Å². The smallest absolute Gasteiger partial charge is 0.0715 e. The summed E-state index contributed by atoms with van der Waals surface area (Å²) in [5.74, 6) is 0. The van der Waals surface area contributed by atoms with Gasteiger partial charge in [-0.3, -0.25) is 0 Å². The molecule has 0 unspecified atom stereocenters. The molecule has 3 nitrogen and oxygen atoms in total. The number of pyridine rings is 1. The minimum absolute atomic E-state index is 0.965. The molecule has 10 aromatic rings. The first kappa shape index (κ1) is 28.3. The van der Waals surface area contributed by atoms with Crippen LogP contribution in [0.15, 0.2) is 188 Å². The predicted molar refractivity (Wildman–Crippen MR) is 209 cm³/mol. The Balaban J connectivity index is 1.16. The van der Waals surface area contributed by atoms with Gasteiger partial charge < -0.3 is 9.13 Å². The van der Waals surface area contributed by atoms with Gasteiger partial charge in [0.2, 0.25) is 0 Å². The lowest BCUT2D eigenvalue weighted by Crippen LogP contribution is -1.95. The van der Waals surface area contributed by atoms with Crippen LogP contribution in [-0.2, 0) is 0 Å². The average Bonchev–Trinajstić information content (AvgIpc) is 3.72. The van der Waals surface area contributed by atoms with Crippen LogP contribution in [0, 0.1) is 0 Å². The molecule has 0 saturated heterocycles. The number of hydrogen-bond donors (Lipinski definition) is 0. The topological polar surface area (TPSA) is 22.8 Å². The Kier molecular flexibility index (Phi) is 6.49. The molecule has 0 aliphatic heterocycles. The number of nitrogens with zero attached hydrogens (tertiary/aromatic N) is 3. The first-order chi connectivity index (χ1) is 24.8. The third-order valence-electron chi connectivity index (χ3n) is 9.91. The summed E-state index contributed by atoms with van der Waals surface area (Å²) in [6, 6.07) is 67.1. The summed E-state index contributed by atoms with van der Waals surface area (Å²) in [4.78, 5) is 5.09. The highest BCUT2D eigenvalue weighted by atomic mass is 15.0. The van der Waals surface area contributed by atoms with Gasteiger partial charge in [-0.25, -0.2) is 4.98 Å². The Bertz CT molecular complexity index is 2770. The van der Waals surface area contributed by atoms with E-state index >= 15 is 0 Å².